The number of hydrogen-bond donors (Lipinski definition) is 2. The number of hydrogen-bond acceptors (Lipinski definition) is 4. The van der Waals surface area contributed by atoms with Gasteiger partial charge in [-0.25, -0.2) is 0 Å². The summed E-state index contributed by atoms with van der Waals surface area (Å²) in [6.07, 6.45) is 10.6. The second-order valence-corrected chi connectivity index (χ2v) is 8.77. The van der Waals surface area contributed by atoms with E-state index in [1.165, 1.54) is 64.5 Å². The van der Waals surface area contributed by atoms with Crippen molar-refractivity contribution in [3.8, 4) is 0 Å². The second kappa shape index (κ2) is 12.5. The van der Waals surface area contributed by atoms with Crippen LogP contribution < -0.4 is 10.6 Å². The van der Waals surface area contributed by atoms with Crippen LogP contribution in [0.2, 0.25) is 0 Å². The zero-order valence-electron chi connectivity index (χ0n) is 18.0. The van der Waals surface area contributed by atoms with Crippen molar-refractivity contribution >= 4 is 29.9 Å². The molecule has 1 saturated carbocycles. The van der Waals surface area contributed by atoms with Gasteiger partial charge in [-0.2, -0.15) is 0 Å². The maximum Gasteiger partial charge on any atom is 0.191 e. The Balaban J connectivity index is 0.00000280. The third-order valence-electron chi connectivity index (χ3n) is 6.96. The minimum Gasteiger partial charge on any atom is -0.379 e. The molecule has 2 heterocycles. The van der Waals surface area contributed by atoms with E-state index in [9.17, 15) is 0 Å². The van der Waals surface area contributed by atoms with Gasteiger partial charge < -0.3 is 20.3 Å². The molecule has 0 atom stereocenters. The predicted octanol–water partition coefficient (Wildman–Crippen LogP) is 2.54. The van der Waals surface area contributed by atoms with Gasteiger partial charge in [0.2, 0.25) is 0 Å². The van der Waals surface area contributed by atoms with Crippen LogP contribution in [0.4, 0.5) is 0 Å². The number of guanidine groups is 1. The maximum atomic E-state index is 5.60. The van der Waals surface area contributed by atoms with Crippen molar-refractivity contribution in [1.29, 1.82) is 0 Å². The monoisotopic (exact) mass is 507 g/mol. The van der Waals surface area contributed by atoms with Gasteiger partial charge >= 0.3 is 0 Å². The zero-order valence-corrected chi connectivity index (χ0v) is 20.4. The summed E-state index contributed by atoms with van der Waals surface area (Å²) < 4.78 is 5.60. The van der Waals surface area contributed by atoms with E-state index in [1.807, 2.05) is 7.05 Å². The fourth-order valence-corrected chi connectivity index (χ4v) is 5.07. The first kappa shape index (κ1) is 24.2. The summed E-state index contributed by atoms with van der Waals surface area (Å²) in [4.78, 5) is 9.62. The first-order chi connectivity index (χ1) is 13.2. The smallest absolute Gasteiger partial charge is 0.191 e. The number of nitrogens with zero attached hydrogens (tertiary/aromatic N) is 3. The minimum absolute atomic E-state index is 0. The van der Waals surface area contributed by atoms with E-state index < -0.39 is 0 Å². The molecule has 2 saturated heterocycles. The second-order valence-electron chi connectivity index (χ2n) is 8.77. The number of likely N-dealkylation sites (tertiary alicyclic amines) is 1. The van der Waals surface area contributed by atoms with E-state index in [4.69, 9.17) is 4.74 Å². The summed E-state index contributed by atoms with van der Waals surface area (Å²) in [6, 6.07) is 0. The van der Waals surface area contributed by atoms with Crippen LogP contribution in [0.3, 0.4) is 0 Å². The molecule has 164 valence electrons. The van der Waals surface area contributed by atoms with Gasteiger partial charge in [0.25, 0.3) is 0 Å². The predicted molar refractivity (Wildman–Crippen MR) is 128 cm³/mol. The van der Waals surface area contributed by atoms with Crippen molar-refractivity contribution in [3.63, 3.8) is 0 Å². The average Bonchev–Trinajstić information content (AvgIpc) is 2.73. The van der Waals surface area contributed by atoms with E-state index in [2.05, 4.69) is 32.5 Å². The Bertz CT molecular complexity index is 456. The summed E-state index contributed by atoms with van der Waals surface area (Å²) in [5.41, 5.74) is 0.285. The Labute approximate surface area is 189 Å². The first-order valence-electron chi connectivity index (χ1n) is 11.2. The molecule has 0 aromatic carbocycles. The molecule has 0 aromatic rings. The van der Waals surface area contributed by atoms with Crippen LogP contribution in [0, 0.1) is 5.92 Å². The highest BCUT2D eigenvalue weighted by Crippen LogP contribution is 2.33. The number of piperidine rings is 1. The molecule has 0 amide bonds. The van der Waals surface area contributed by atoms with Crippen LogP contribution in [0.1, 0.15) is 51.4 Å². The summed E-state index contributed by atoms with van der Waals surface area (Å²) in [6.45, 7) is 8.43. The number of ether oxygens (including phenoxy) is 1. The van der Waals surface area contributed by atoms with E-state index in [0.29, 0.717) is 0 Å². The molecule has 0 aromatic heterocycles. The van der Waals surface area contributed by atoms with Crippen molar-refractivity contribution in [2.45, 2.75) is 56.9 Å². The molecule has 2 aliphatic heterocycles. The Morgan fingerprint density at radius 3 is 2.36 bits per heavy atom. The zero-order chi connectivity index (χ0) is 19.0. The Kier molecular flexibility index (Phi) is 10.8. The number of nitrogens with one attached hydrogen (secondary N) is 2. The number of morpholine rings is 1. The lowest BCUT2D eigenvalue weighted by molar-refractivity contribution is -0.0352. The molecule has 0 radical (unpaired) electrons. The van der Waals surface area contributed by atoms with Crippen molar-refractivity contribution in [2.24, 2.45) is 10.9 Å². The highest BCUT2D eigenvalue weighted by molar-refractivity contribution is 14.0. The van der Waals surface area contributed by atoms with Gasteiger partial charge in [0.15, 0.2) is 5.96 Å². The molecule has 28 heavy (non-hydrogen) atoms. The summed E-state index contributed by atoms with van der Waals surface area (Å²) in [7, 11) is 4.13. The highest BCUT2D eigenvalue weighted by atomic mass is 127. The van der Waals surface area contributed by atoms with Crippen LogP contribution in [0.25, 0.3) is 0 Å². The summed E-state index contributed by atoms with van der Waals surface area (Å²) in [5, 5.41) is 7.24. The van der Waals surface area contributed by atoms with Crippen LogP contribution in [0.5, 0.6) is 0 Å². The van der Waals surface area contributed by atoms with E-state index in [0.717, 1.165) is 51.3 Å². The van der Waals surface area contributed by atoms with E-state index in [1.54, 1.807) is 0 Å². The Morgan fingerprint density at radius 1 is 1.04 bits per heavy atom. The fraction of sp³-hybridized carbons (Fsp3) is 0.952. The number of halogens is 1. The Morgan fingerprint density at radius 2 is 1.71 bits per heavy atom. The lowest BCUT2D eigenvalue weighted by atomic mass is 9.80. The topological polar surface area (TPSA) is 52.1 Å². The van der Waals surface area contributed by atoms with Gasteiger partial charge in [-0.05, 0) is 58.2 Å². The molecule has 7 heteroatoms. The number of aliphatic imine (C=N–C) groups is 1. The number of rotatable bonds is 6. The third kappa shape index (κ3) is 6.99. The third-order valence-corrected chi connectivity index (χ3v) is 6.96. The molecule has 6 nitrogen and oxygen atoms in total. The molecule has 0 spiro atoms. The van der Waals surface area contributed by atoms with Crippen LogP contribution in [0.15, 0.2) is 4.99 Å². The van der Waals surface area contributed by atoms with Gasteiger partial charge in [-0.1, -0.05) is 19.3 Å². The van der Waals surface area contributed by atoms with Crippen LogP contribution in [-0.4, -0.2) is 87.9 Å². The summed E-state index contributed by atoms with van der Waals surface area (Å²) >= 11 is 0. The van der Waals surface area contributed by atoms with Gasteiger partial charge in [0, 0.05) is 38.8 Å². The molecule has 3 fully saturated rings. The first-order valence-corrected chi connectivity index (χ1v) is 11.2. The highest BCUT2D eigenvalue weighted by Gasteiger charge is 2.38. The standard InChI is InChI=1S/C21H41N5O.HI/c1-22-20(23-11-6-19-7-12-25(2)13-8-19)24-18-21(9-4-3-5-10-21)26-14-16-27-17-15-26;/h19H,3-18H2,1-2H3,(H2,22,23,24);1H. The molecule has 2 N–H and O–H groups in total. The van der Waals surface area contributed by atoms with E-state index >= 15 is 0 Å². The van der Waals surface area contributed by atoms with Crippen LogP contribution in [-0.2, 0) is 4.74 Å². The molecule has 0 unspecified atom stereocenters. The lowest BCUT2D eigenvalue weighted by Crippen LogP contribution is -2.60. The lowest BCUT2D eigenvalue weighted by Gasteiger charge is -2.48. The van der Waals surface area contributed by atoms with Crippen LogP contribution >= 0.6 is 24.0 Å². The minimum atomic E-state index is 0. The van der Waals surface area contributed by atoms with Gasteiger partial charge in [0.05, 0.1) is 13.2 Å². The fourth-order valence-electron chi connectivity index (χ4n) is 5.07. The van der Waals surface area contributed by atoms with Crippen molar-refractivity contribution < 1.29 is 4.74 Å². The maximum absolute atomic E-state index is 5.60. The quantitative estimate of drug-likeness (QED) is 0.329. The molecular formula is C21H42IN5O. The van der Waals surface area contributed by atoms with Gasteiger partial charge in [0.1, 0.15) is 0 Å². The molecule has 3 aliphatic rings. The molecule has 0 bridgehead atoms. The largest absolute Gasteiger partial charge is 0.379 e. The Hall–Kier alpha value is -0.120. The van der Waals surface area contributed by atoms with Crippen molar-refractivity contribution in [3.05, 3.63) is 0 Å². The molecule has 1 aliphatic carbocycles. The van der Waals surface area contributed by atoms with Crippen molar-refractivity contribution in [2.75, 3.05) is 66.6 Å². The van der Waals surface area contributed by atoms with Gasteiger partial charge in [-0.3, -0.25) is 9.89 Å². The summed E-state index contributed by atoms with van der Waals surface area (Å²) in [5.74, 6) is 1.84. The van der Waals surface area contributed by atoms with E-state index in [-0.39, 0.29) is 29.5 Å². The molecule has 3 rings (SSSR count). The SMILES string of the molecule is CN=C(NCCC1CCN(C)CC1)NCC1(N2CCOCC2)CCCCC1.I. The average molecular weight is 508 g/mol. The van der Waals surface area contributed by atoms with Crippen molar-refractivity contribution in [1.82, 2.24) is 20.4 Å². The normalized spacial score (nSPS) is 25.1. The molecular weight excluding hydrogens is 465 g/mol. The van der Waals surface area contributed by atoms with Gasteiger partial charge in [-0.15, -0.1) is 24.0 Å².